The summed E-state index contributed by atoms with van der Waals surface area (Å²) in [7, 11) is 4.07. The zero-order valence-corrected chi connectivity index (χ0v) is 14.6. The van der Waals surface area contributed by atoms with E-state index in [1.165, 1.54) is 0 Å². The lowest BCUT2D eigenvalue weighted by molar-refractivity contribution is 0.273. The number of hydrogen-bond donors (Lipinski definition) is 2. The van der Waals surface area contributed by atoms with Gasteiger partial charge in [0.25, 0.3) is 0 Å². The van der Waals surface area contributed by atoms with E-state index in [0.717, 1.165) is 42.5 Å². The molecule has 1 aromatic heterocycles. The molecule has 0 aromatic carbocycles. The van der Waals surface area contributed by atoms with Crippen molar-refractivity contribution in [3.05, 3.63) is 11.4 Å². The number of hydrogen-bond acceptors (Lipinski definition) is 5. The summed E-state index contributed by atoms with van der Waals surface area (Å²) in [5, 5.41) is 6.61. The molecule has 0 aliphatic carbocycles. The van der Waals surface area contributed by atoms with E-state index in [0.29, 0.717) is 12.0 Å². The van der Waals surface area contributed by atoms with E-state index < -0.39 is 0 Å². The van der Waals surface area contributed by atoms with Crippen LogP contribution in [0.25, 0.3) is 0 Å². The third-order valence-electron chi connectivity index (χ3n) is 3.78. The third kappa shape index (κ3) is 5.16. The zero-order chi connectivity index (χ0) is 16.0. The summed E-state index contributed by atoms with van der Waals surface area (Å²) in [6.07, 6.45) is 1.10. The molecule has 0 amide bonds. The molecule has 0 unspecified atom stereocenters. The molecule has 1 rings (SSSR count). The van der Waals surface area contributed by atoms with Gasteiger partial charge in [-0.2, -0.15) is 0 Å². The normalized spacial score (nSPS) is 11.5. The molecule has 2 N–H and O–H groups in total. The minimum atomic E-state index is 0.324. The molecule has 0 aliphatic heterocycles. The maximum Gasteiger partial charge on any atom is 0.135 e. The quantitative estimate of drug-likeness (QED) is 0.721. The summed E-state index contributed by atoms with van der Waals surface area (Å²) in [5.74, 6) is 3.07. The second kappa shape index (κ2) is 8.17. The SMILES string of the molecule is CNc1nc(C(C)C)nc(NCCCN(C)C(C)C)c1C. The van der Waals surface area contributed by atoms with Crippen LogP contribution in [0.2, 0.25) is 0 Å². The van der Waals surface area contributed by atoms with Crippen molar-refractivity contribution in [1.82, 2.24) is 14.9 Å². The van der Waals surface area contributed by atoms with Gasteiger partial charge in [-0.05, 0) is 40.8 Å². The van der Waals surface area contributed by atoms with Gasteiger partial charge in [0, 0.05) is 31.1 Å². The van der Waals surface area contributed by atoms with Gasteiger partial charge < -0.3 is 15.5 Å². The minimum Gasteiger partial charge on any atom is -0.373 e. The van der Waals surface area contributed by atoms with Crippen LogP contribution in [0, 0.1) is 6.92 Å². The highest BCUT2D eigenvalue weighted by molar-refractivity contribution is 5.57. The fourth-order valence-electron chi connectivity index (χ4n) is 2.00. The van der Waals surface area contributed by atoms with Crippen molar-refractivity contribution in [3.63, 3.8) is 0 Å². The lowest BCUT2D eigenvalue weighted by Crippen LogP contribution is -2.28. The number of nitrogens with one attached hydrogen (secondary N) is 2. The van der Waals surface area contributed by atoms with E-state index in [9.17, 15) is 0 Å². The standard InChI is InChI=1S/C16H31N5/c1-11(2)14-19-15(17-6)13(5)16(20-14)18-9-8-10-21(7)12(3)4/h11-12H,8-10H2,1-7H3,(H2,17,18,19,20). The molecule has 0 spiro atoms. The Kier molecular flexibility index (Phi) is 6.89. The summed E-state index contributed by atoms with van der Waals surface area (Å²) in [4.78, 5) is 11.6. The Balaban J connectivity index is 2.67. The van der Waals surface area contributed by atoms with Crippen molar-refractivity contribution in [2.75, 3.05) is 37.8 Å². The Labute approximate surface area is 129 Å². The van der Waals surface area contributed by atoms with Crippen LogP contribution in [-0.2, 0) is 0 Å². The second-order valence-electron chi connectivity index (χ2n) is 6.16. The van der Waals surface area contributed by atoms with Crippen molar-refractivity contribution in [1.29, 1.82) is 0 Å². The van der Waals surface area contributed by atoms with E-state index in [1.54, 1.807) is 0 Å². The summed E-state index contributed by atoms with van der Waals surface area (Å²) in [5.41, 5.74) is 1.08. The predicted molar refractivity (Wildman–Crippen MR) is 91.3 cm³/mol. The molecule has 5 heteroatoms. The maximum atomic E-state index is 4.66. The third-order valence-corrected chi connectivity index (χ3v) is 3.78. The first-order valence-electron chi connectivity index (χ1n) is 7.87. The topological polar surface area (TPSA) is 53.1 Å². The first-order valence-corrected chi connectivity index (χ1v) is 7.87. The van der Waals surface area contributed by atoms with Crippen LogP contribution >= 0.6 is 0 Å². The van der Waals surface area contributed by atoms with Crippen LogP contribution < -0.4 is 10.6 Å². The molecule has 0 radical (unpaired) electrons. The zero-order valence-electron chi connectivity index (χ0n) is 14.6. The van der Waals surface area contributed by atoms with E-state index in [1.807, 2.05) is 7.05 Å². The number of anilines is 2. The molecule has 0 saturated carbocycles. The maximum absolute atomic E-state index is 4.66. The monoisotopic (exact) mass is 293 g/mol. The summed E-state index contributed by atoms with van der Waals surface area (Å²) in [6.45, 7) is 12.7. The van der Waals surface area contributed by atoms with E-state index in [4.69, 9.17) is 0 Å². The van der Waals surface area contributed by atoms with E-state index >= 15 is 0 Å². The van der Waals surface area contributed by atoms with Gasteiger partial charge in [0.05, 0.1) is 0 Å². The van der Waals surface area contributed by atoms with Gasteiger partial charge in [0.1, 0.15) is 17.5 Å². The molecule has 1 heterocycles. The molecule has 120 valence electrons. The first-order chi connectivity index (χ1) is 9.86. The smallest absolute Gasteiger partial charge is 0.135 e. The fourth-order valence-corrected chi connectivity index (χ4v) is 2.00. The minimum absolute atomic E-state index is 0.324. The van der Waals surface area contributed by atoms with Crippen LogP contribution in [0.1, 0.15) is 51.4 Å². The Morgan fingerprint density at radius 2 is 1.71 bits per heavy atom. The second-order valence-corrected chi connectivity index (χ2v) is 6.16. The summed E-state index contributed by atoms with van der Waals surface area (Å²) < 4.78 is 0. The first kappa shape index (κ1) is 17.7. The number of rotatable bonds is 8. The van der Waals surface area contributed by atoms with Gasteiger partial charge in [-0.1, -0.05) is 13.8 Å². The van der Waals surface area contributed by atoms with Gasteiger partial charge in [-0.25, -0.2) is 9.97 Å². The Bertz CT molecular complexity index is 443. The van der Waals surface area contributed by atoms with E-state index in [2.05, 4.69) is 67.2 Å². The molecular weight excluding hydrogens is 262 g/mol. The van der Waals surface area contributed by atoms with Gasteiger partial charge in [0.2, 0.25) is 0 Å². The molecule has 0 atom stereocenters. The number of aromatic nitrogens is 2. The van der Waals surface area contributed by atoms with Gasteiger partial charge >= 0.3 is 0 Å². The summed E-state index contributed by atoms with van der Waals surface area (Å²) >= 11 is 0. The Hall–Kier alpha value is -1.36. The molecule has 0 aliphatic rings. The van der Waals surface area contributed by atoms with E-state index in [-0.39, 0.29) is 0 Å². The van der Waals surface area contributed by atoms with Crippen LogP contribution in [0.4, 0.5) is 11.6 Å². The van der Waals surface area contributed by atoms with Crippen LogP contribution in [-0.4, -0.2) is 48.1 Å². The average Bonchev–Trinajstić information content (AvgIpc) is 2.44. The molecule has 21 heavy (non-hydrogen) atoms. The Morgan fingerprint density at radius 1 is 1.10 bits per heavy atom. The Morgan fingerprint density at radius 3 is 2.24 bits per heavy atom. The molecule has 5 nitrogen and oxygen atoms in total. The van der Waals surface area contributed by atoms with Crippen molar-refractivity contribution in [2.45, 2.75) is 53.0 Å². The van der Waals surface area contributed by atoms with Crippen LogP contribution in [0.3, 0.4) is 0 Å². The van der Waals surface area contributed by atoms with Gasteiger partial charge in [-0.3, -0.25) is 0 Å². The molecule has 0 bridgehead atoms. The molecular formula is C16H31N5. The van der Waals surface area contributed by atoms with Crippen LogP contribution in [0.15, 0.2) is 0 Å². The van der Waals surface area contributed by atoms with Crippen molar-refractivity contribution >= 4 is 11.6 Å². The molecule has 1 aromatic rings. The lowest BCUT2D eigenvalue weighted by atomic mass is 10.2. The average molecular weight is 293 g/mol. The fraction of sp³-hybridized carbons (Fsp3) is 0.750. The summed E-state index contributed by atoms with van der Waals surface area (Å²) in [6, 6.07) is 0.592. The molecule has 0 saturated heterocycles. The highest BCUT2D eigenvalue weighted by Gasteiger charge is 2.12. The van der Waals surface area contributed by atoms with Gasteiger partial charge in [-0.15, -0.1) is 0 Å². The molecule has 0 fully saturated rings. The largest absolute Gasteiger partial charge is 0.373 e. The van der Waals surface area contributed by atoms with Gasteiger partial charge in [0.15, 0.2) is 0 Å². The highest BCUT2D eigenvalue weighted by Crippen LogP contribution is 2.22. The van der Waals surface area contributed by atoms with Crippen molar-refractivity contribution in [3.8, 4) is 0 Å². The lowest BCUT2D eigenvalue weighted by Gasteiger charge is -2.21. The predicted octanol–water partition coefficient (Wildman–Crippen LogP) is 3.09. The van der Waals surface area contributed by atoms with Crippen molar-refractivity contribution in [2.24, 2.45) is 0 Å². The van der Waals surface area contributed by atoms with Crippen LogP contribution in [0.5, 0.6) is 0 Å². The number of nitrogens with zero attached hydrogens (tertiary/aromatic N) is 3. The highest BCUT2D eigenvalue weighted by atomic mass is 15.1. The van der Waals surface area contributed by atoms with Crippen molar-refractivity contribution < 1.29 is 0 Å².